The van der Waals surface area contributed by atoms with E-state index in [9.17, 15) is 19.5 Å². The third-order valence-corrected chi connectivity index (χ3v) is 7.92. The molecule has 5 rings (SSSR count). The van der Waals surface area contributed by atoms with Crippen LogP contribution in [0.5, 0.6) is 11.5 Å². The summed E-state index contributed by atoms with van der Waals surface area (Å²) in [5, 5.41) is 16.6. The Kier molecular flexibility index (Phi) is 7.20. The smallest absolute Gasteiger partial charge is 0.228 e. The number of hydrogen-bond donors (Lipinski definition) is 1. The van der Waals surface area contributed by atoms with Crippen LogP contribution >= 0.6 is 11.3 Å². The van der Waals surface area contributed by atoms with Gasteiger partial charge in [0.2, 0.25) is 5.91 Å². The van der Waals surface area contributed by atoms with Gasteiger partial charge >= 0.3 is 0 Å². The summed E-state index contributed by atoms with van der Waals surface area (Å²) in [5.41, 5.74) is 3.52. The van der Waals surface area contributed by atoms with Crippen molar-refractivity contribution in [3.05, 3.63) is 81.7 Å². The summed E-state index contributed by atoms with van der Waals surface area (Å²) in [4.78, 5) is 41.1. The first-order chi connectivity index (χ1) is 18.4. The minimum atomic E-state index is -1.29. The molecule has 1 amide bonds. The van der Waals surface area contributed by atoms with Gasteiger partial charge in [0.25, 0.3) is 0 Å². The normalized spacial score (nSPS) is 18.7. The van der Waals surface area contributed by atoms with Gasteiger partial charge in [0.15, 0.2) is 17.3 Å². The summed E-state index contributed by atoms with van der Waals surface area (Å²) < 4.78 is 10.9. The highest BCUT2D eigenvalue weighted by Gasteiger charge is 2.42. The van der Waals surface area contributed by atoms with E-state index in [0.29, 0.717) is 34.9 Å². The number of nitrogens with one attached hydrogen (secondary N) is 1. The molecule has 0 bridgehead atoms. The number of anilines is 2. The molecule has 2 aliphatic rings. The van der Waals surface area contributed by atoms with E-state index < -0.39 is 18.4 Å². The van der Waals surface area contributed by atoms with Crippen LogP contribution in [-0.2, 0) is 14.4 Å². The molecule has 1 aromatic heterocycles. The van der Waals surface area contributed by atoms with E-state index in [4.69, 9.17) is 9.47 Å². The predicted molar refractivity (Wildman–Crippen MR) is 142 cm³/mol. The van der Waals surface area contributed by atoms with Crippen molar-refractivity contribution in [3.8, 4) is 11.5 Å². The highest BCUT2D eigenvalue weighted by Crippen LogP contribution is 2.48. The van der Waals surface area contributed by atoms with Crippen molar-refractivity contribution < 1.29 is 29.0 Å². The number of hydrogen-bond acceptors (Lipinski definition) is 8. The fourth-order valence-electron chi connectivity index (χ4n) is 5.25. The molecule has 8 nitrogen and oxygen atoms in total. The summed E-state index contributed by atoms with van der Waals surface area (Å²) >= 11 is 1.46. The van der Waals surface area contributed by atoms with Crippen molar-refractivity contribution in [3.63, 3.8) is 0 Å². The van der Waals surface area contributed by atoms with E-state index in [1.54, 1.807) is 19.1 Å². The van der Waals surface area contributed by atoms with Crippen LogP contribution in [0.3, 0.4) is 0 Å². The third kappa shape index (κ3) is 4.77. The molecular weight excluding hydrogens is 504 g/mol. The zero-order chi connectivity index (χ0) is 26.8. The lowest BCUT2D eigenvalue weighted by Gasteiger charge is -2.34. The molecule has 2 heterocycles. The molecular formula is C29H27N2O6S-. The number of Topliss-reactive ketones (excluding diaryl/α,β-unsaturated/α-hetero) is 1. The van der Waals surface area contributed by atoms with Gasteiger partial charge < -0.3 is 24.7 Å². The number of fused-ring (bicyclic) bond motifs is 1. The summed E-state index contributed by atoms with van der Waals surface area (Å²) in [6.07, 6.45) is 0.177. The van der Waals surface area contributed by atoms with Crippen molar-refractivity contribution in [2.75, 3.05) is 24.4 Å². The number of rotatable bonds is 7. The van der Waals surface area contributed by atoms with E-state index in [0.717, 1.165) is 16.1 Å². The topological polar surface area (TPSA) is 108 Å². The third-order valence-electron chi connectivity index (χ3n) is 6.99. The number of methoxy groups -OCH3 is 2. The number of allylic oxidation sites excluding steroid dienone is 1. The van der Waals surface area contributed by atoms with Crippen LogP contribution < -0.4 is 24.8 Å². The lowest BCUT2D eigenvalue weighted by atomic mass is 9.79. The second-order valence-corrected chi connectivity index (χ2v) is 10.2. The van der Waals surface area contributed by atoms with Crippen molar-refractivity contribution in [1.29, 1.82) is 0 Å². The number of ketones is 1. The predicted octanol–water partition coefficient (Wildman–Crippen LogP) is 4.20. The summed E-state index contributed by atoms with van der Waals surface area (Å²) in [7, 11) is 3.16. The van der Waals surface area contributed by atoms with Crippen LogP contribution in [0.15, 0.2) is 71.2 Å². The number of benzene rings is 2. The maximum absolute atomic E-state index is 13.9. The molecule has 0 saturated carbocycles. The minimum Gasteiger partial charge on any atom is -0.550 e. The average molecular weight is 532 g/mol. The number of carboxylic acid groups (broad SMARTS) is 1. The summed E-state index contributed by atoms with van der Waals surface area (Å²) in [6, 6.07) is 16.2. The van der Waals surface area contributed by atoms with Gasteiger partial charge in [0, 0.05) is 35.0 Å². The Labute approximate surface area is 224 Å². The van der Waals surface area contributed by atoms with Crippen LogP contribution in [0.25, 0.3) is 0 Å². The molecule has 9 heteroatoms. The van der Waals surface area contributed by atoms with Gasteiger partial charge in [-0.15, -0.1) is 11.3 Å². The molecule has 0 fully saturated rings. The molecule has 3 aromatic rings. The fourth-order valence-corrected chi connectivity index (χ4v) is 6.08. The van der Waals surface area contributed by atoms with Crippen molar-refractivity contribution in [1.82, 2.24) is 0 Å². The molecule has 2 aromatic carbocycles. The quantitative estimate of drug-likeness (QED) is 0.487. The Morgan fingerprint density at radius 1 is 1.03 bits per heavy atom. The number of amides is 1. The van der Waals surface area contributed by atoms with E-state index in [2.05, 4.69) is 5.32 Å². The molecule has 0 spiro atoms. The zero-order valence-electron chi connectivity index (χ0n) is 21.1. The molecule has 1 aliphatic carbocycles. The average Bonchev–Trinajstić information content (AvgIpc) is 3.40. The Morgan fingerprint density at radius 3 is 2.53 bits per heavy atom. The number of thiophene rings is 1. The van der Waals surface area contributed by atoms with Gasteiger partial charge in [0.05, 0.1) is 25.6 Å². The first-order valence-electron chi connectivity index (χ1n) is 12.3. The van der Waals surface area contributed by atoms with Crippen molar-refractivity contribution in [2.24, 2.45) is 0 Å². The van der Waals surface area contributed by atoms with E-state index in [1.165, 1.54) is 11.3 Å². The highest BCUT2D eigenvalue weighted by atomic mass is 32.1. The lowest BCUT2D eigenvalue weighted by Crippen LogP contribution is -2.38. The molecule has 2 atom stereocenters. The van der Waals surface area contributed by atoms with Crippen LogP contribution in [0.1, 0.15) is 48.1 Å². The van der Waals surface area contributed by atoms with Gasteiger partial charge in [-0.1, -0.05) is 24.3 Å². The SMILES string of the molecule is COc1ccc(C2CC(=O)C3=C(C2)Nc2ccccc2N(C(=O)CCC(=O)[O-])C3c2cccs2)cc1OC. The maximum atomic E-state index is 13.9. The van der Waals surface area contributed by atoms with Crippen LogP contribution in [0.2, 0.25) is 0 Å². The number of aliphatic carboxylic acids is 1. The molecule has 0 radical (unpaired) electrons. The van der Waals surface area contributed by atoms with Crippen LogP contribution in [-0.4, -0.2) is 31.9 Å². The van der Waals surface area contributed by atoms with Gasteiger partial charge in [0.1, 0.15) is 6.04 Å². The number of para-hydroxylation sites is 2. The monoisotopic (exact) mass is 531 g/mol. The van der Waals surface area contributed by atoms with Gasteiger partial charge in [-0.3, -0.25) is 14.5 Å². The number of carboxylic acids is 1. The van der Waals surface area contributed by atoms with Crippen molar-refractivity contribution >= 4 is 40.4 Å². The van der Waals surface area contributed by atoms with Crippen LogP contribution in [0.4, 0.5) is 11.4 Å². The Balaban J connectivity index is 1.62. The second kappa shape index (κ2) is 10.7. The number of ether oxygens (including phenoxy) is 2. The molecule has 196 valence electrons. The molecule has 0 saturated heterocycles. The van der Waals surface area contributed by atoms with Gasteiger partial charge in [-0.2, -0.15) is 0 Å². The van der Waals surface area contributed by atoms with Gasteiger partial charge in [-0.25, -0.2) is 0 Å². The Bertz CT molecular complexity index is 1410. The zero-order valence-corrected chi connectivity index (χ0v) is 21.9. The second-order valence-electron chi connectivity index (χ2n) is 9.23. The molecule has 38 heavy (non-hydrogen) atoms. The number of carbonyl (C=O) groups excluding carboxylic acids is 3. The van der Waals surface area contributed by atoms with E-state index in [-0.39, 0.29) is 30.4 Å². The standard InChI is InChI=1S/C29H28N2O6S/c1-36-23-10-9-17(16-24(23)37-2)18-14-20-28(22(32)15-18)29(25-8-5-13-38-25)31(26(33)11-12-27(34)35)21-7-4-3-6-19(21)30-20/h3-10,13,16,18,29-30H,11-12,14-15H2,1-2H3,(H,34,35)/p-1. The molecule has 1 aliphatic heterocycles. The Hall–Kier alpha value is -4.11. The fraction of sp³-hybridized carbons (Fsp3) is 0.276. The lowest BCUT2D eigenvalue weighted by molar-refractivity contribution is -0.305. The van der Waals surface area contributed by atoms with Crippen molar-refractivity contribution in [2.45, 2.75) is 37.6 Å². The number of nitrogens with zero attached hydrogens (tertiary/aromatic N) is 1. The molecule has 1 N–H and O–H groups in total. The molecule has 2 unspecified atom stereocenters. The highest BCUT2D eigenvalue weighted by molar-refractivity contribution is 7.10. The Morgan fingerprint density at radius 2 is 1.82 bits per heavy atom. The van der Waals surface area contributed by atoms with E-state index in [1.807, 2.05) is 60.0 Å². The van der Waals surface area contributed by atoms with Gasteiger partial charge in [-0.05, 0) is 60.0 Å². The minimum absolute atomic E-state index is 0.0672. The first-order valence-corrected chi connectivity index (χ1v) is 13.2. The summed E-state index contributed by atoms with van der Waals surface area (Å²) in [6.45, 7) is 0. The summed E-state index contributed by atoms with van der Waals surface area (Å²) in [5.74, 6) is -0.641. The maximum Gasteiger partial charge on any atom is 0.228 e. The van der Waals surface area contributed by atoms with Crippen LogP contribution in [0, 0.1) is 0 Å². The largest absolute Gasteiger partial charge is 0.550 e. The number of carbonyl (C=O) groups is 3. The first kappa shape index (κ1) is 25.5. The van der Waals surface area contributed by atoms with E-state index >= 15 is 0 Å².